The molecule has 1 aliphatic rings. The van der Waals surface area contributed by atoms with E-state index in [2.05, 4.69) is 0 Å². The van der Waals surface area contributed by atoms with Crippen molar-refractivity contribution in [3.63, 3.8) is 0 Å². The molecule has 1 aromatic carbocycles. The molecule has 1 fully saturated rings. The van der Waals surface area contributed by atoms with Crippen LogP contribution in [0.4, 0.5) is 4.39 Å². The van der Waals surface area contributed by atoms with Crippen LogP contribution in [0.1, 0.15) is 18.4 Å². The van der Waals surface area contributed by atoms with Crippen molar-refractivity contribution in [3.8, 4) is 5.75 Å². The molecule has 0 saturated carbocycles. The molecule has 1 aromatic rings. The Balaban J connectivity index is 1.94. The fraction of sp³-hybridized carbons (Fsp3) is 0.462. The Morgan fingerprint density at radius 3 is 2.78 bits per heavy atom. The number of hydrogen-bond donors (Lipinski definition) is 1. The molecule has 2 rings (SSSR count). The minimum atomic E-state index is -0.424. The van der Waals surface area contributed by atoms with Crippen LogP contribution in [0, 0.1) is 11.7 Å². The van der Waals surface area contributed by atoms with Crippen molar-refractivity contribution in [2.45, 2.75) is 12.8 Å². The van der Waals surface area contributed by atoms with Gasteiger partial charge in [-0.05, 0) is 37.0 Å². The lowest BCUT2D eigenvalue weighted by Gasteiger charge is -2.22. The molecule has 0 aliphatic carbocycles. The lowest BCUT2D eigenvalue weighted by Crippen LogP contribution is -2.21. The zero-order valence-corrected chi connectivity index (χ0v) is 10.8. The first-order valence-corrected chi connectivity index (χ1v) is 6.37. The first kappa shape index (κ1) is 13.2. The quantitative estimate of drug-likeness (QED) is 0.852. The summed E-state index contributed by atoms with van der Waals surface area (Å²) in [6, 6.07) is 4.55. The molecule has 5 heteroatoms. The Morgan fingerprint density at radius 2 is 2.17 bits per heavy atom. The Labute approximate surface area is 111 Å². The minimum Gasteiger partial charge on any atom is -0.490 e. The summed E-state index contributed by atoms with van der Waals surface area (Å²) in [5.74, 6) is 0.266. The van der Waals surface area contributed by atoms with Gasteiger partial charge in [-0.1, -0.05) is 12.2 Å². The molecule has 1 aliphatic heterocycles. The maximum atomic E-state index is 13.7. The molecule has 18 heavy (non-hydrogen) atoms. The summed E-state index contributed by atoms with van der Waals surface area (Å²) in [5, 5.41) is 0. The van der Waals surface area contributed by atoms with Crippen LogP contribution in [-0.2, 0) is 4.74 Å². The Hall–Kier alpha value is -1.20. The molecule has 0 spiro atoms. The van der Waals surface area contributed by atoms with Gasteiger partial charge in [-0.3, -0.25) is 0 Å². The van der Waals surface area contributed by atoms with E-state index >= 15 is 0 Å². The average Bonchev–Trinajstić information content (AvgIpc) is 2.38. The lowest BCUT2D eigenvalue weighted by atomic mass is 10.0. The largest absolute Gasteiger partial charge is 0.490 e. The summed E-state index contributed by atoms with van der Waals surface area (Å²) in [7, 11) is 0. The van der Waals surface area contributed by atoms with Crippen LogP contribution in [0.25, 0.3) is 0 Å². The third-order valence-corrected chi connectivity index (χ3v) is 3.27. The Kier molecular flexibility index (Phi) is 4.49. The average molecular weight is 269 g/mol. The Morgan fingerprint density at radius 1 is 1.44 bits per heavy atom. The fourth-order valence-corrected chi connectivity index (χ4v) is 2.02. The number of rotatable bonds is 4. The number of thiocarbonyl (C=S) groups is 1. The number of nitrogens with two attached hydrogens (primary N) is 1. The summed E-state index contributed by atoms with van der Waals surface area (Å²) >= 11 is 4.79. The molecule has 0 radical (unpaired) electrons. The molecule has 0 amide bonds. The highest BCUT2D eigenvalue weighted by molar-refractivity contribution is 7.80. The van der Waals surface area contributed by atoms with Crippen molar-refractivity contribution >= 4 is 17.2 Å². The third-order valence-electron chi connectivity index (χ3n) is 3.03. The normalized spacial score (nSPS) is 16.5. The highest BCUT2D eigenvalue weighted by Gasteiger charge is 2.15. The number of hydrogen-bond acceptors (Lipinski definition) is 3. The third kappa shape index (κ3) is 3.40. The van der Waals surface area contributed by atoms with Crippen LogP contribution in [0.5, 0.6) is 5.75 Å². The molecule has 98 valence electrons. The molecular weight excluding hydrogens is 253 g/mol. The van der Waals surface area contributed by atoms with Crippen LogP contribution in [-0.4, -0.2) is 24.8 Å². The van der Waals surface area contributed by atoms with E-state index in [4.69, 9.17) is 27.4 Å². The van der Waals surface area contributed by atoms with Gasteiger partial charge >= 0.3 is 0 Å². The van der Waals surface area contributed by atoms with Gasteiger partial charge in [0.2, 0.25) is 0 Å². The van der Waals surface area contributed by atoms with Gasteiger partial charge in [-0.2, -0.15) is 0 Å². The van der Waals surface area contributed by atoms with Crippen LogP contribution >= 0.6 is 12.2 Å². The van der Waals surface area contributed by atoms with Gasteiger partial charge in [-0.15, -0.1) is 0 Å². The van der Waals surface area contributed by atoms with Gasteiger partial charge in [0.15, 0.2) is 11.6 Å². The predicted molar refractivity (Wildman–Crippen MR) is 71.3 cm³/mol. The van der Waals surface area contributed by atoms with Crippen LogP contribution < -0.4 is 10.5 Å². The van der Waals surface area contributed by atoms with E-state index in [0.29, 0.717) is 18.1 Å². The van der Waals surface area contributed by atoms with Crippen LogP contribution in [0.2, 0.25) is 0 Å². The summed E-state index contributed by atoms with van der Waals surface area (Å²) in [6.07, 6.45) is 1.93. The second-order valence-corrected chi connectivity index (χ2v) is 4.82. The van der Waals surface area contributed by atoms with Gasteiger partial charge in [0.05, 0.1) is 6.61 Å². The van der Waals surface area contributed by atoms with Crippen molar-refractivity contribution in [2.75, 3.05) is 19.8 Å². The van der Waals surface area contributed by atoms with Crippen molar-refractivity contribution in [1.82, 2.24) is 0 Å². The smallest absolute Gasteiger partial charge is 0.165 e. The molecular formula is C13H16FNO2S. The van der Waals surface area contributed by atoms with Crippen molar-refractivity contribution < 1.29 is 13.9 Å². The topological polar surface area (TPSA) is 44.5 Å². The molecule has 0 bridgehead atoms. The van der Waals surface area contributed by atoms with Gasteiger partial charge in [0.25, 0.3) is 0 Å². The Bertz CT molecular complexity index is 433. The molecule has 1 heterocycles. The minimum absolute atomic E-state index is 0.185. The second-order valence-electron chi connectivity index (χ2n) is 4.38. The van der Waals surface area contributed by atoms with Gasteiger partial charge < -0.3 is 15.2 Å². The van der Waals surface area contributed by atoms with E-state index in [9.17, 15) is 4.39 Å². The molecule has 0 unspecified atom stereocenters. The van der Waals surface area contributed by atoms with Crippen molar-refractivity contribution in [3.05, 3.63) is 29.6 Å². The highest BCUT2D eigenvalue weighted by atomic mass is 32.1. The van der Waals surface area contributed by atoms with Crippen LogP contribution in [0.3, 0.4) is 0 Å². The van der Waals surface area contributed by atoms with Crippen molar-refractivity contribution in [1.29, 1.82) is 0 Å². The van der Waals surface area contributed by atoms with E-state index in [1.807, 2.05) is 0 Å². The van der Waals surface area contributed by atoms with E-state index in [0.717, 1.165) is 26.1 Å². The predicted octanol–water partition coefficient (Wildman–Crippen LogP) is 2.27. The number of benzene rings is 1. The molecule has 3 nitrogen and oxygen atoms in total. The van der Waals surface area contributed by atoms with Gasteiger partial charge in [0.1, 0.15) is 4.99 Å². The molecule has 2 N–H and O–H groups in total. The second kappa shape index (κ2) is 6.11. The highest BCUT2D eigenvalue weighted by Crippen LogP contribution is 2.21. The molecule has 0 atom stereocenters. The van der Waals surface area contributed by atoms with E-state index in [1.165, 1.54) is 6.07 Å². The summed E-state index contributed by atoms with van der Waals surface area (Å²) in [6.45, 7) is 2.04. The number of halogens is 1. The van der Waals surface area contributed by atoms with E-state index in [1.54, 1.807) is 12.1 Å². The lowest BCUT2D eigenvalue weighted by molar-refractivity contribution is 0.0491. The first-order valence-electron chi connectivity index (χ1n) is 5.96. The van der Waals surface area contributed by atoms with Crippen molar-refractivity contribution in [2.24, 2.45) is 11.7 Å². The van der Waals surface area contributed by atoms with Gasteiger partial charge in [0, 0.05) is 18.8 Å². The summed E-state index contributed by atoms with van der Waals surface area (Å²) in [4.78, 5) is 0.185. The zero-order valence-electron chi connectivity index (χ0n) is 10.0. The zero-order chi connectivity index (χ0) is 13.0. The maximum absolute atomic E-state index is 13.7. The maximum Gasteiger partial charge on any atom is 0.165 e. The standard InChI is InChI=1S/C13H16FNO2S/c14-11-7-10(13(15)18)1-2-12(11)17-8-9-3-5-16-6-4-9/h1-2,7,9H,3-6,8H2,(H2,15,18). The molecule has 1 saturated heterocycles. The monoisotopic (exact) mass is 269 g/mol. The number of ether oxygens (including phenoxy) is 2. The van der Waals surface area contributed by atoms with Crippen LogP contribution in [0.15, 0.2) is 18.2 Å². The van der Waals surface area contributed by atoms with E-state index in [-0.39, 0.29) is 10.7 Å². The SMILES string of the molecule is NC(=S)c1ccc(OCC2CCOCC2)c(F)c1. The fourth-order valence-electron chi connectivity index (χ4n) is 1.89. The first-order chi connectivity index (χ1) is 8.66. The van der Waals surface area contributed by atoms with E-state index < -0.39 is 5.82 Å². The van der Waals surface area contributed by atoms with Gasteiger partial charge in [-0.25, -0.2) is 4.39 Å². The summed E-state index contributed by atoms with van der Waals surface area (Å²) < 4.78 is 24.5. The molecule has 0 aromatic heterocycles. The summed E-state index contributed by atoms with van der Waals surface area (Å²) in [5.41, 5.74) is 5.95.